The SMILES string of the molecule is CC(C)(C)OC(=O)C1CCC(N)C1. The fourth-order valence-electron chi connectivity index (χ4n) is 1.62. The third-order valence-corrected chi connectivity index (χ3v) is 2.21. The van der Waals surface area contributed by atoms with Gasteiger partial charge in [-0.15, -0.1) is 0 Å². The standard InChI is InChI=1S/C10H19NO2/c1-10(2,3)13-9(12)7-4-5-8(11)6-7/h7-8H,4-6,11H2,1-3H3. The van der Waals surface area contributed by atoms with Gasteiger partial charge in [0.05, 0.1) is 5.92 Å². The summed E-state index contributed by atoms with van der Waals surface area (Å²) in [7, 11) is 0. The van der Waals surface area contributed by atoms with E-state index in [0.29, 0.717) is 0 Å². The Morgan fingerprint density at radius 3 is 2.38 bits per heavy atom. The van der Waals surface area contributed by atoms with Crippen molar-refractivity contribution >= 4 is 5.97 Å². The molecular weight excluding hydrogens is 166 g/mol. The van der Waals surface area contributed by atoms with Crippen LogP contribution in [0.4, 0.5) is 0 Å². The zero-order valence-corrected chi connectivity index (χ0v) is 8.67. The molecule has 0 aliphatic heterocycles. The zero-order valence-electron chi connectivity index (χ0n) is 8.67. The van der Waals surface area contributed by atoms with Crippen LogP contribution in [-0.2, 0) is 9.53 Å². The molecule has 76 valence electrons. The van der Waals surface area contributed by atoms with Gasteiger partial charge in [0, 0.05) is 6.04 Å². The number of esters is 1. The Balaban J connectivity index is 2.41. The normalized spacial score (nSPS) is 28.9. The van der Waals surface area contributed by atoms with Gasteiger partial charge in [-0.05, 0) is 40.0 Å². The molecule has 3 nitrogen and oxygen atoms in total. The van der Waals surface area contributed by atoms with Crippen LogP contribution in [0, 0.1) is 5.92 Å². The van der Waals surface area contributed by atoms with Crippen molar-refractivity contribution in [2.24, 2.45) is 11.7 Å². The van der Waals surface area contributed by atoms with Crippen molar-refractivity contribution in [1.29, 1.82) is 0 Å². The van der Waals surface area contributed by atoms with Crippen molar-refractivity contribution in [3.05, 3.63) is 0 Å². The Labute approximate surface area is 79.6 Å². The molecule has 2 atom stereocenters. The van der Waals surface area contributed by atoms with Gasteiger partial charge in [0.15, 0.2) is 0 Å². The summed E-state index contributed by atoms with van der Waals surface area (Å²) in [4.78, 5) is 11.5. The average Bonchev–Trinajstić information content (AvgIpc) is 2.31. The second-order valence-electron chi connectivity index (χ2n) is 4.80. The molecule has 2 N–H and O–H groups in total. The van der Waals surface area contributed by atoms with E-state index >= 15 is 0 Å². The Morgan fingerprint density at radius 1 is 1.38 bits per heavy atom. The molecule has 0 spiro atoms. The molecule has 0 radical (unpaired) electrons. The summed E-state index contributed by atoms with van der Waals surface area (Å²) in [5.74, 6) is -0.0466. The number of hydrogen-bond donors (Lipinski definition) is 1. The van der Waals surface area contributed by atoms with Gasteiger partial charge in [-0.25, -0.2) is 0 Å². The van der Waals surface area contributed by atoms with Crippen molar-refractivity contribution in [2.45, 2.75) is 51.7 Å². The van der Waals surface area contributed by atoms with Gasteiger partial charge in [0.1, 0.15) is 5.60 Å². The van der Waals surface area contributed by atoms with Gasteiger partial charge in [0.25, 0.3) is 0 Å². The quantitative estimate of drug-likeness (QED) is 0.629. The molecular formula is C10H19NO2. The van der Waals surface area contributed by atoms with Crippen molar-refractivity contribution in [1.82, 2.24) is 0 Å². The highest BCUT2D eigenvalue weighted by atomic mass is 16.6. The lowest BCUT2D eigenvalue weighted by Crippen LogP contribution is -2.28. The molecule has 1 fully saturated rings. The summed E-state index contributed by atoms with van der Waals surface area (Å²) in [6.07, 6.45) is 2.62. The maximum absolute atomic E-state index is 11.5. The van der Waals surface area contributed by atoms with Crippen LogP contribution >= 0.6 is 0 Å². The summed E-state index contributed by atoms with van der Waals surface area (Å²) in [6.45, 7) is 5.67. The number of ether oxygens (including phenoxy) is 1. The fourth-order valence-corrected chi connectivity index (χ4v) is 1.62. The minimum Gasteiger partial charge on any atom is -0.460 e. The molecule has 0 amide bonds. The molecule has 1 aliphatic carbocycles. The van der Waals surface area contributed by atoms with Crippen molar-refractivity contribution < 1.29 is 9.53 Å². The topological polar surface area (TPSA) is 52.3 Å². The van der Waals surface area contributed by atoms with Gasteiger partial charge in [0.2, 0.25) is 0 Å². The summed E-state index contributed by atoms with van der Waals surface area (Å²) in [5.41, 5.74) is 5.35. The van der Waals surface area contributed by atoms with Crippen LogP contribution < -0.4 is 5.73 Å². The number of carbonyl (C=O) groups is 1. The first-order valence-electron chi connectivity index (χ1n) is 4.87. The third-order valence-electron chi connectivity index (χ3n) is 2.21. The Kier molecular flexibility index (Phi) is 2.96. The monoisotopic (exact) mass is 185 g/mol. The van der Waals surface area contributed by atoms with E-state index < -0.39 is 0 Å². The molecule has 13 heavy (non-hydrogen) atoms. The molecule has 0 aromatic heterocycles. The van der Waals surface area contributed by atoms with E-state index in [1.165, 1.54) is 0 Å². The second kappa shape index (κ2) is 3.66. The zero-order chi connectivity index (χ0) is 10.1. The highest BCUT2D eigenvalue weighted by Crippen LogP contribution is 2.26. The molecule has 2 unspecified atom stereocenters. The van der Waals surface area contributed by atoms with Gasteiger partial charge >= 0.3 is 5.97 Å². The summed E-state index contributed by atoms with van der Waals surface area (Å²) >= 11 is 0. The molecule has 0 bridgehead atoms. The number of rotatable bonds is 1. The molecule has 0 aromatic rings. The van der Waals surface area contributed by atoms with Crippen LogP contribution in [0.2, 0.25) is 0 Å². The Morgan fingerprint density at radius 2 is 2.00 bits per heavy atom. The lowest BCUT2D eigenvalue weighted by atomic mass is 10.1. The molecule has 1 rings (SSSR count). The first kappa shape index (κ1) is 10.5. The van der Waals surface area contributed by atoms with E-state index in [4.69, 9.17) is 10.5 Å². The number of carbonyl (C=O) groups excluding carboxylic acids is 1. The Bertz CT molecular complexity index is 196. The Hall–Kier alpha value is -0.570. The highest BCUT2D eigenvalue weighted by Gasteiger charge is 2.31. The van der Waals surface area contributed by atoms with Gasteiger partial charge in [-0.2, -0.15) is 0 Å². The van der Waals surface area contributed by atoms with Crippen molar-refractivity contribution in [3.63, 3.8) is 0 Å². The van der Waals surface area contributed by atoms with E-state index in [-0.39, 0.29) is 23.5 Å². The van der Waals surface area contributed by atoms with E-state index in [9.17, 15) is 4.79 Å². The first-order valence-corrected chi connectivity index (χ1v) is 4.87. The lowest BCUT2D eigenvalue weighted by molar-refractivity contribution is -0.159. The van der Waals surface area contributed by atoms with Crippen LogP contribution in [0.1, 0.15) is 40.0 Å². The number of nitrogens with two attached hydrogens (primary N) is 1. The van der Waals surface area contributed by atoms with E-state index in [1.807, 2.05) is 20.8 Å². The third kappa shape index (κ3) is 3.35. The fraction of sp³-hybridized carbons (Fsp3) is 0.900. The molecule has 0 aromatic carbocycles. The smallest absolute Gasteiger partial charge is 0.309 e. The molecule has 1 saturated carbocycles. The minimum absolute atomic E-state index is 0.0363. The van der Waals surface area contributed by atoms with Crippen LogP contribution in [0.15, 0.2) is 0 Å². The molecule has 0 saturated heterocycles. The lowest BCUT2D eigenvalue weighted by Gasteiger charge is -2.21. The van der Waals surface area contributed by atoms with Crippen LogP contribution in [0.3, 0.4) is 0 Å². The van der Waals surface area contributed by atoms with Gasteiger partial charge in [-0.3, -0.25) is 4.79 Å². The minimum atomic E-state index is -0.371. The van der Waals surface area contributed by atoms with Crippen molar-refractivity contribution in [3.8, 4) is 0 Å². The summed E-state index contributed by atoms with van der Waals surface area (Å²) < 4.78 is 5.28. The molecule has 0 heterocycles. The summed E-state index contributed by atoms with van der Waals surface area (Å²) in [6, 6.07) is 0.192. The van der Waals surface area contributed by atoms with E-state index in [1.54, 1.807) is 0 Å². The van der Waals surface area contributed by atoms with Crippen molar-refractivity contribution in [2.75, 3.05) is 0 Å². The molecule has 1 aliphatic rings. The maximum Gasteiger partial charge on any atom is 0.309 e. The van der Waals surface area contributed by atoms with E-state index in [2.05, 4.69) is 0 Å². The van der Waals surface area contributed by atoms with Crippen LogP contribution in [0.25, 0.3) is 0 Å². The van der Waals surface area contributed by atoms with Gasteiger partial charge < -0.3 is 10.5 Å². The highest BCUT2D eigenvalue weighted by molar-refractivity contribution is 5.73. The number of hydrogen-bond acceptors (Lipinski definition) is 3. The second-order valence-corrected chi connectivity index (χ2v) is 4.80. The first-order chi connectivity index (χ1) is 5.88. The average molecular weight is 185 g/mol. The predicted molar refractivity (Wildman–Crippen MR) is 51.2 cm³/mol. The largest absolute Gasteiger partial charge is 0.460 e. The maximum atomic E-state index is 11.5. The molecule has 3 heteroatoms. The van der Waals surface area contributed by atoms with E-state index in [0.717, 1.165) is 19.3 Å². The van der Waals surface area contributed by atoms with Crippen LogP contribution in [-0.4, -0.2) is 17.6 Å². The summed E-state index contributed by atoms with van der Waals surface area (Å²) in [5, 5.41) is 0. The van der Waals surface area contributed by atoms with Crippen LogP contribution in [0.5, 0.6) is 0 Å². The van der Waals surface area contributed by atoms with Gasteiger partial charge in [-0.1, -0.05) is 0 Å². The predicted octanol–water partition coefficient (Wildman–Crippen LogP) is 1.46.